The highest BCUT2D eigenvalue weighted by Crippen LogP contribution is 2.29. The van der Waals surface area contributed by atoms with Crippen LogP contribution in [0.2, 0.25) is 0 Å². The van der Waals surface area contributed by atoms with Crippen LogP contribution in [0.3, 0.4) is 0 Å². The lowest BCUT2D eigenvalue weighted by molar-refractivity contribution is -0.135. The molecule has 0 saturated heterocycles. The van der Waals surface area contributed by atoms with E-state index in [2.05, 4.69) is 4.74 Å². The highest BCUT2D eigenvalue weighted by molar-refractivity contribution is 5.87. The molecular formula is C23H20O5. The van der Waals surface area contributed by atoms with Crippen molar-refractivity contribution in [3.63, 3.8) is 0 Å². The molecule has 0 atom stereocenters. The first kappa shape index (κ1) is 19.2. The van der Waals surface area contributed by atoms with E-state index in [1.54, 1.807) is 24.3 Å². The van der Waals surface area contributed by atoms with Gasteiger partial charge in [0, 0.05) is 6.08 Å². The molecule has 0 bridgehead atoms. The van der Waals surface area contributed by atoms with Crippen LogP contribution in [-0.4, -0.2) is 26.2 Å². The average Bonchev–Trinajstić information content (AvgIpc) is 2.72. The summed E-state index contributed by atoms with van der Waals surface area (Å²) in [6, 6.07) is 18.9. The van der Waals surface area contributed by atoms with Gasteiger partial charge in [-0.25, -0.2) is 4.79 Å². The quantitative estimate of drug-likeness (QED) is 0.367. The first-order valence-electron chi connectivity index (χ1n) is 8.71. The summed E-state index contributed by atoms with van der Waals surface area (Å²) in [5.74, 6) is -0.112. The Labute approximate surface area is 163 Å². The minimum atomic E-state index is -0.454. The first-order chi connectivity index (χ1) is 13.6. The fraction of sp³-hybridized carbons (Fsp3) is 0.130. The van der Waals surface area contributed by atoms with Gasteiger partial charge < -0.3 is 14.2 Å². The fourth-order valence-corrected chi connectivity index (χ4v) is 2.78. The standard InChI is InChI=1S/C23H20O5/c1-26-21-14-16(9-12-22(24)27-2)8-11-20(21)28-23(25)15-17-7-10-18-5-3-4-6-19(18)13-17/h3-14H,15H2,1-2H3/b12-9+. The molecule has 0 radical (unpaired) electrons. The SMILES string of the molecule is COC(=O)/C=C/c1ccc(OC(=O)Cc2ccc3ccccc3c2)c(OC)c1. The Hall–Kier alpha value is -3.60. The molecule has 0 unspecified atom stereocenters. The second-order valence-electron chi connectivity index (χ2n) is 6.10. The lowest BCUT2D eigenvalue weighted by Gasteiger charge is -2.10. The van der Waals surface area contributed by atoms with Gasteiger partial charge in [-0.15, -0.1) is 0 Å². The zero-order chi connectivity index (χ0) is 19.9. The van der Waals surface area contributed by atoms with Gasteiger partial charge in [0.15, 0.2) is 11.5 Å². The predicted molar refractivity (Wildman–Crippen MR) is 107 cm³/mol. The van der Waals surface area contributed by atoms with Gasteiger partial charge in [-0.2, -0.15) is 0 Å². The molecule has 0 saturated carbocycles. The minimum absolute atomic E-state index is 0.151. The number of esters is 2. The lowest BCUT2D eigenvalue weighted by Crippen LogP contribution is -2.12. The van der Waals surface area contributed by atoms with Crippen LogP contribution in [0.5, 0.6) is 11.5 Å². The summed E-state index contributed by atoms with van der Waals surface area (Å²) in [6.45, 7) is 0. The van der Waals surface area contributed by atoms with Crippen molar-refractivity contribution < 1.29 is 23.8 Å². The molecule has 28 heavy (non-hydrogen) atoms. The molecular weight excluding hydrogens is 356 g/mol. The van der Waals surface area contributed by atoms with Crippen molar-refractivity contribution in [2.24, 2.45) is 0 Å². The van der Waals surface area contributed by atoms with Crippen LogP contribution in [0.4, 0.5) is 0 Å². The molecule has 0 aliphatic carbocycles. The Bertz CT molecular complexity index is 1040. The van der Waals surface area contributed by atoms with Gasteiger partial charge in [-0.05, 0) is 40.1 Å². The maximum absolute atomic E-state index is 12.4. The Morgan fingerprint density at radius 1 is 0.893 bits per heavy atom. The van der Waals surface area contributed by atoms with Crippen molar-refractivity contribution in [2.45, 2.75) is 6.42 Å². The van der Waals surface area contributed by atoms with Crippen LogP contribution >= 0.6 is 0 Å². The van der Waals surface area contributed by atoms with Crippen LogP contribution < -0.4 is 9.47 Å². The maximum Gasteiger partial charge on any atom is 0.330 e. The van der Waals surface area contributed by atoms with E-state index in [1.807, 2.05) is 42.5 Å². The second-order valence-corrected chi connectivity index (χ2v) is 6.10. The van der Waals surface area contributed by atoms with E-state index in [1.165, 1.54) is 20.3 Å². The average molecular weight is 376 g/mol. The fourth-order valence-electron chi connectivity index (χ4n) is 2.78. The van der Waals surface area contributed by atoms with Gasteiger partial charge in [0.2, 0.25) is 0 Å². The molecule has 3 aromatic rings. The monoisotopic (exact) mass is 376 g/mol. The van der Waals surface area contributed by atoms with Gasteiger partial charge in [0.25, 0.3) is 0 Å². The topological polar surface area (TPSA) is 61.8 Å². The molecule has 0 aromatic heterocycles. The number of carbonyl (C=O) groups excluding carboxylic acids is 2. The van der Waals surface area contributed by atoms with Gasteiger partial charge >= 0.3 is 11.9 Å². The third-order valence-electron chi connectivity index (χ3n) is 4.19. The summed E-state index contributed by atoms with van der Waals surface area (Å²) in [5, 5.41) is 2.20. The minimum Gasteiger partial charge on any atom is -0.493 e. The van der Waals surface area contributed by atoms with Crippen molar-refractivity contribution in [3.05, 3.63) is 77.9 Å². The predicted octanol–water partition coefficient (Wildman–Crippen LogP) is 4.18. The van der Waals surface area contributed by atoms with Crippen LogP contribution in [0, 0.1) is 0 Å². The molecule has 3 rings (SSSR count). The van der Waals surface area contributed by atoms with Crippen molar-refractivity contribution in [2.75, 3.05) is 14.2 Å². The Morgan fingerprint density at radius 3 is 2.43 bits per heavy atom. The largest absolute Gasteiger partial charge is 0.493 e. The summed E-state index contributed by atoms with van der Waals surface area (Å²) in [4.78, 5) is 23.6. The highest BCUT2D eigenvalue weighted by atomic mass is 16.6. The molecule has 3 aromatic carbocycles. The van der Waals surface area contributed by atoms with Gasteiger partial charge in [0.1, 0.15) is 0 Å². The molecule has 142 valence electrons. The van der Waals surface area contributed by atoms with E-state index < -0.39 is 5.97 Å². The van der Waals surface area contributed by atoms with Gasteiger partial charge in [-0.3, -0.25) is 4.79 Å². The van der Waals surface area contributed by atoms with E-state index in [0.29, 0.717) is 11.5 Å². The zero-order valence-corrected chi connectivity index (χ0v) is 15.7. The molecule has 5 heteroatoms. The van der Waals surface area contributed by atoms with Crippen molar-refractivity contribution >= 4 is 28.8 Å². The Morgan fingerprint density at radius 2 is 1.68 bits per heavy atom. The Balaban J connectivity index is 1.71. The number of ether oxygens (including phenoxy) is 3. The van der Waals surface area contributed by atoms with Crippen molar-refractivity contribution in [3.8, 4) is 11.5 Å². The van der Waals surface area contributed by atoms with Crippen LogP contribution in [0.25, 0.3) is 16.8 Å². The van der Waals surface area contributed by atoms with Gasteiger partial charge in [0.05, 0.1) is 20.6 Å². The van der Waals surface area contributed by atoms with Crippen LogP contribution in [-0.2, 0) is 20.7 Å². The van der Waals surface area contributed by atoms with E-state index in [0.717, 1.165) is 21.9 Å². The maximum atomic E-state index is 12.4. The molecule has 0 heterocycles. The van der Waals surface area contributed by atoms with Gasteiger partial charge in [-0.1, -0.05) is 48.5 Å². The molecule has 0 aliphatic rings. The summed E-state index contributed by atoms with van der Waals surface area (Å²) >= 11 is 0. The third-order valence-corrected chi connectivity index (χ3v) is 4.19. The third kappa shape index (κ3) is 4.76. The molecule has 0 amide bonds. The van der Waals surface area contributed by atoms with Crippen molar-refractivity contribution in [1.82, 2.24) is 0 Å². The molecule has 0 fully saturated rings. The number of methoxy groups -OCH3 is 2. The molecule has 0 aliphatic heterocycles. The number of benzene rings is 3. The summed E-state index contributed by atoms with van der Waals surface area (Å²) in [7, 11) is 2.80. The number of rotatable bonds is 6. The van der Waals surface area contributed by atoms with Crippen LogP contribution in [0.1, 0.15) is 11.1 Å². The van der Waals surface area contributed by atoms with E-state index in [-0.39, 0.29) is 12.4 Å². The first-order valence-corrected chi connectivity index (χ1v) is 8.71. The molecule has 5 nitrogen and oxygen atoms in total. The molecule has 0 spiro atoms. The second kappa shape index (κ2) is 8.86. The number of hydrogen-bond donors (Lipinski definition) is 0. The number of hydrogen-bond acceptors (Lipinski definition) is 5. The smallest absolute Gasteiger partial charge is 0.330 e. The van der Waals surface area contributed by atoms with E-state index in [4.69, 9.17) is 9.47 Å². The van der Waals surface area contributed by atoms with Crippen molar-refractivity contribution in [1.29, 1.82) is 0 Å². The summed E-state index contributed by atoms with van der Waals surface area (Å²) in [6.07, 6.45) is 3.05. The molecule has 0 N–H and O–H groups in total. The Kier molecular flexibility index (Phi) is 6.07. The number of carbonyl (C=O) groups is 2. The van der Waals surface area contributed by atoms with E-state index >= 15 is 0 Å². The highest BCUT2D eigenvalue weighted by Gasteiger charge is 2.12. The lowest BCUT2D eigenvalue weighted by atomic mass is 10.1. The normalized spacial score (nSPS) is 10.8. The van der Waals surface area contributed by atoms with E-state index in [9.17, 15) is 9.59 Å². The summed E-state index contributed by atoms with van der Waals surface area (Å²) < 4.78 is 15.3. The number of fused-ring (bicyclic) bond motifs is 1. The zero-order valence-electron chi connectivity index (χ0n) is 15.7. The summed E-state index contributed by atoms with van der Waals surface area (Å²) in [5.41, 5.74) is 1.59. The van der Waals surface area contributed by atoms with Crippen LogP contribution in [0.15, 0.2) is 66.7 Å².